The maximum Gasteiger partial charge on any atom is 0.228 e. The summed E-state index contributed by atoms with van der Waals surface area (Å²) in [6.07, 6.45) is 3.79. The average molecular weight is 470 g/mol. The van der Waals surface area contributed by atoms with E-state index in [1.54, 1.807) is 30.6 Å². The van der Waals surface area contributed by atoms with Crippen molar-refractivity contribution < 1.29 is 9.59 Å². The van der Waals surface area contributed by atoms with Crippen LogP contribution in [0.5, 0.6) is 0 Å². The molecule has 0 unspecified atom stereocenters. The second-order valence-corrected chi connectivity index (χ2v) is 9.35. The Hall–Kier alpha value is -3.78. The summed E-state index contributed by atoms with van der Waals surface area (Å²) in [5.74, 6) is 1.10. The lowest BCUT2D eigenvalue weighted by Gasteiger charge is -2.16. The number of carbonyl (C=O) groups is 2. The molecule has 170 valence electrons. The number of hydrogen-bond donors (Lipinski definition) is 1. The summed E-state index contributed by atoms with van der Waals surface area (Å²) in [7, 11) is 0. The maximum atomic E-state index is 13.0. The molecular formula is C26H23N5O2S. The van der Waals surface area contributed by atoms with Crippen LogP contribution in [0.2, 0.25) is 0 Å². The molecule has 1 aliphatic rings. The van der Waals surface area contributed by atoms with Gasteiger partial charge in [0.05, 0.1) is 17.9 Å². The summed E-state index contributed by atoms with van der Waals surface area (Å²) in [5.41, 5.74) is 5.22. The summed E-state index contributed by atoms with van der Waals surface area (Å²) in [4.78, 5) is 28.9. The minimum absolute atomic E-state index is 0.0261. The molecule has 0 atom stereocenters. The minimum Gasteiger partial charge on any atom is -0.326 e. The van der Waals surface area contributed by atoms with Crippen molar-refractivity contribution in [2.24, 2.45) is 0 Å². The molecule has 2 aromatic carbocycles. The molecule has 2 aromatic heterocycles. The standard InChI is InChI=1S/C26H23N5O2S/c1-16(2)20-7-3-4-8-22(20)31-25(18-6-5-11-27-14-18)29-30-26(31)34-15-23(32)17-9-10-21-19(12-17)13-24(33)28-21/h3-12,14,16H,13,15H2,1-2H3,(H,28,33). The summed E-state index contributed by atoms with van der Waals surface area (Å²) in [6, 6.07) is 17.3. The maximum absolute atomic E-state index is 13.0. The van der Waals surface area contributed by atoms with Gasteiger partial charge in [-0.3, -0.25) is 19.1 Å². The van der Waals surface area contributed by atoms with Crippen molar-refractivity contribution in [2.75, 3.05) is 11.1 Å². The Morgan fingerprint density at radius 1 is 1.12 bits per heavy atom. The zero-order valence-corrected chi connectivity index (χ0v) is 19.7. The van der Waals surface area contributed by atoms with Crippen LogP contribution < -0.4 is 5.32 Å². The SMILES string of the molecule is CC(C)c1ccccc1-n1c(SCC(=O)c2ccc3c(c2)CC(=O)N3)nnc1-c1cccnc1. The smallest absolute Gasteiger partial charge is 0.228 e. The van der Waals surface area contributed by atoms with Gasteiger partial charge in [-0.2, -0.15) is 0 Å². The van der Waals surface area contributed by atoms with E-state index in [0.29, 0.717) is 28.9 Å². The zero-order valence-electron chi connectivity index (χ0n) is 18.9. The number of nitrogens with one attached hydrogen (secondary N) is 1. The third kappa shape index (κ3) is 4.24. The van der Waals surface area contributed by atoms with Gasteiger partial charge in [0.1, 0.15) is 0 Å². The van der Waals surface area contributed by atoms with E-state index >= 15 is 0 Å². The molecule has 7 nitrogen and oxygen atoms in total. The molecule has 1 aliphatic heterocycles. The van der Waals surface area contributed by atoms with Gasteiger partial charge in [-0.25, -0.2) is 0 Å². The normalized spacial score (nSPS) is 12.6. The van der Waals surface area contributed by atoms with Crippen LogP contribution in [0.25, 0.3) is 17.1 Å². The molecule has 0 spiro atoms. The first-order chi connectivity index (χ1) is 16.5. The Kier molecular flexibility index (Phi) is 5.98. The number of Topliss-reactive ketones (excluding diaryl/α,β-unsaturated/α-hetero) is 1. The first-order valence-corrected chi connectivity index (χ1v) is 12.0. The predicted molar refractivity (Wildman–Crippen MR) is 133 cm³/mol. The molecule has 3 heterocycles. The topological polar surface area (TPSA) is 89.8 Å². The molecule has 1 amide bonds. The highest BCUT2D eigenvalue weighted by Crippen LogP contribution is 2.32. The fraction of sp³-hybridized carbons (Fsp3) is 0.192. The fourth-order valence-electron chi connectivity index (χ4n) is 4.06. The van der Waals surface area contributed by atoms with Crippen LogP contribution in [0.15, 0.2) is 72.1 Å². The Morgan fingerprint density at radius 2 is 1.97 bits per heavy atom. The van der Waals surface area contributed by atoms with Gasteiger partial charge < -0.3 is 5.32 Å². The second kappa shape index (κ2) is 9.23. The first kappa shape index (κ1) is 22.0. The van der Waals surface area contributed by atoms with Gasteiger partial charge in [-0.05, 0) is 53.4 Å². The predicted octanol–water partition coefficient (Wildman–Crippen LogP) is 4.92. The minimum atomic E-state index is -0.0474. The lowest BCUT2D eigenvalue weighted by Crippen LogP contribution is -2.07. The number of aromatic nitrogens is 4. The third-order valence-corrected chi connectivity index (χ3v) is 6.67. The van der Waals surface area contributed by atoms with Crippen LogP contribution in [0.3, 0.4) is 0 Å². The van der Waals surface area contributed by atoms with E-state index in [1.165, 1.54) is 11.8 Å². The van der Waals surface area contributed by atoms with Crippen molar-refractivity contribution >= 4 is 29.1 Å². The zero-order chi connectivity index (χ0) is 23.7. The van der Waals surface area contributed by atoms with Gasteiger partial charge >= 0.3 is 0 Å². The van der Waals surface area contributed by atoms with Crippen LogP contribution in [-0.4, -0.2) is 37.2 Å². The van der Waals surface area contributed by atoms with Crippen molar-refractivity contribution in [2.45, 2.75) is 31.3 Å². The third-order valence-electron chi connectivity index (χ3n) is 5.74. The van der Waals surface area contributed by atoms with Gasteiger partial charge in [-0.15, -0.1) is 10.2 Å². The number of ketones is 1. The van der Waals surface area contributed by atoms with Crippen molar-refractivity contribution in [3.05, 3.63) is 83.7 Å². The largest absolute Gasteiger partial charge is 0.326 e. The van der Waals surface area contributed by atoms with E-state index in [0.717, 1.165) is 28.1 Å². The molecule has 1 N–H and O–H groups in total. The van der Waals surface area contributed by atoms with E-state index < -0.39 is 0 Å². The molecular weight excluding hydrogens is 446 g/mol. The number of hydrogen-bond acceptors (Lipinski definition) is 6. The Bertz CT molecular complexity index is 1380. The van der Waals surface area contributed by atoms with Crippen LogP contribution in [0, 0.1) is 0 Å². The van der Waals surface area contributed by atoms with E-state index in [9.17, 15) is 9.59 Å². The van der Waals surface area contributed by atoms with E-state index in [2.05, 4.69) is 46.5 Å². The van der Waals surface area contributed by atoms with Gasteiger partial charge in [-0.1, -0.05) is 43.8 Å². The number of fused-ring (bicyclic) bond motifs is 1. The quantitative estimate of drug-likeness (QED) is 0.305. The second-order valence-electron chi connectivity index (χ2n) is 8.41. The molecule has 34 heavy (non-hydrogen) atoms. The molecule has 4 aromatic rings. The number of anilines is 1. The molecule has 0 fully saturated rings. The molecule has 8 heteroatoms. The summed E-state index contributed by atoms with van der Waals surface area (Å²) in [6.45, 7) is 4.30. The van der Waals surface area contributed by atoms with Crippen molar-refractivity contribution in [1.82, 2.24) is 19.7 Å². The number of rotatable bonds is 7. The first-order valence-electron chi connectivity index (χ1n) is 11.0. The van der Waals surface area contributed by atoms with Gasteiger partial charge in [0.2, 0.25) is 5.91 Å². The van der Waals surface area contributed by atoms with Crippen LogP contribution in [0.1, 0.15) is 41.3 Å². The van der Waals surface area contributed by atoms with Gasteiger partial charge in [0.15, 0.2) is 16.8 Å². The Morgan fingerprint density at radius 3 is 2.76 bits per heavy atom. The molecule has 0 saturated carbocycles. The molecule has 0 radical (unpaired) electrons. The Balaban J connectivity index is 1.48. The highest BCUT2D eigenvalue weighted by atomic mass is 32.2. The highest BCUT2D eigenvalue weighted by molar-refractivity contribution is 7.99. The summed E-state index contributed by atoms with van der Waals surface area (Å²) < 4.78 is 2.01. The van der Waals surface area contributed by atoms with Gasteiger partial charge in [0, 0.05) is 29.2 Å². The number of para-hydroxylation sites is 1. The van der Waals surface area contributed by atoms with Crippen LogP contribution in [0.4, 0.5) is 5.69 Å². The van der Waals surface area contributed by atoms with Crippen molar-refractivity contribution in [3.8, 4) is 17.1 Å². The molecule has 5 rings (SSSR count). The highest BCUT2D eigenvalue weighted by Gasteiger charge is 2.22. The Labute approximate surface area is 201 Å². The molecule has 0 bridgehead atoms. The van der Waals surface area contributed by atoms with E-state index in [4.69, 9.17) is 0 Å². The van der Waals surface area contributed by atoms with Crippen LogP contribution in [-0.2, 0) is 11.2 Å². The molecule has 0 saturated heterocycles. The lowest BCUT2D eigenvalue weighted by atomic mass is 10.0. The summed E-state index contributed by atoms with van der Waals surface area (Å²) in [5, 5.41) is 12.3. The number of amides is 1. The number of pyridine rings is 1. The van der Waals surface area contributed by atoms with E-state index in [1.807, 2.05) is 28.8 Å². The van der Waals surface area contributed by atoms with Crippen molar-refractivity contribution in [1.29, 1.82) is 0 Å². The number of benzene rings is 2. The number of nitrogens with zero attached hydrogens (tertiary/aromatic N) is 4. The fourth-order valence-corrected chi connectivity index (χ4v) is 4.90. The number of thioether (sulfide) groups is 1. The van der Waals surface area contributed by atoms with Crippen LogP contribution >= 0.6 is 11.8 Å². The van der Waals surface area contributed by atoms with Gasteiger partial charge in [0.25, 0.3) is 0 Å². The summed E-state index contributed by atoms with van der Waals surface area (Å²) >= 11 is 1.35. The lowest BCUT2D eigenvalue weighted by molar-refractivity contribution is -0.115. The number of carbonyl (C=O) groups excluding carboxylic acids is 2. The molecule has 0 aliphatic carbocycles. The van der Waals surface area contributed by atoms with E-state index in [-0.39, 0.29) is 17.4 Å². The average Bonchev–Trinajstić information content (AvgIpc) is 3.44. The monoisotopic (exact) mass is 469 g/mol. The van der Waals surface area contributed by atoms with Crippen molar-refractivity contribution in [3.63, 3.8) is 0 Å².